The van der Waals surface area contributed by atoms with E-state index in [-0.39, 0.29) is 58.2 Å². The molecule has 2 heterocycles. The quantitative estimate of drug-likeness (QED) is 0.455. The van der Waals surface area contributed by atoms with Crippen LogP contribution < -0.4 is 58.2 Å². The molecule has 0 aliphatic carbocycles. The minimum atomic E-state index is 0. The van der Waals surface area contributed by atoms with Crippen molar-refractivity contribution in [2.75, 3.05) is 7.05 Å². The molecule has 12 heavy (non-hydrogen) atoms. The third-order valence-corrected chi connectivity index (χ3v) is 2.96. The van der Waals surface area contributed by atoms with Crippen molar-refractivity contribution >= 4 is 5.78 Å². The summed E-state index contributed by atoms with van der Waals surface area (Å²) in [4.78, 5) is 13.6. The number of ketones is 1. The number of fused-ring (bicyclic) bond motifs is 2. The number of rotatable bonds is 0. The van der Waals surface area contributed by atoms with Gasteiger partial charge in [0.2, 0.25) is 0 Å². The summed E-state index contributed by atoms with van der Waals surface area (Å²) in [6.07, 6.45) is 6.12. The van der Waals surface area contributed by atoms with E-state index in [2.05, 4.69) is 18.4 Å². The number of carbonyl (C=O) groups excluding carboxylic acids is 1. The topological polar surface area (TPSA) is 20.3 Å². The zero-order chi connectivity index (χ0) is 7.84. The Bertz CT molecular complexity index is 167. The second kappa shape index (κ2) is 4.78. The molecule has 0 radical (unpaired) electrons. The maximum Gasteiger partial charge on any atom is 1.00 e. The van der Waals surface area contributed by atoms with Crippen molar-refractivity contribution in [3.8, 4) is 0 Å². The molecule has 2 bridgehead atoms. The molecular formula is C9H14NORb. The van der Waals surface area contributed by atoms with Gasteiger partial charge < -0.3 is 11.3 Å². The van der Waals surface area contributed by atoms with E-state index in [9.17, 15) is 4.79 Å². The van der Waals surface area contributed by atoms with E-state index in [4.69, 9.17) is 0 Å². The Balaban J connectivity index is 0.000000720. The van der Waals surface area contributed by atoms with Crippen LogP contribution in [0.25, 0.3) is 0 Å². The molecular weight excluding hydrogens is 224 g/mol. The number of hydrogen-bond donors (Lipinski definition) is 0. The number of piperidine rings is 2. The second-order valence-electron chi connectivity index (χ2n) is 3.68. The standard InChI is InChI=1S/C9H14NO.Rb/c1-10-7-3-2-4-8(10)6-9(11)5-7;/h2,7-8H,3-6H2,1H3;/q-1;+1. The number of Topliss-reactive ketones (excluding diaryl/α,β-unsaturated/α-hetero) is 1. The van der Waals surface area contributed by atoms with Gasteiger partial charge in [0.25, 0.3) is 0 Å². The Morgan fingerprint density at radius 2 is 1.83 bits per heavy atom. The minimum Gasteiger partial charge on any atom is -0.326 e. The first-order valence-corrected chi connectivity index (χ1v) is 4.32. The third kappa shape index (κ3) is 2.27. The molecule has 0 spiro atoms. The SMILES string of the molecule is CN1C2C[CH-]CC1CC(=O)C2.[Rb+]. The van der Waals surface area contributed by atoms with Crippen molar-refractivity contribution in [3.63, 3.8) is 0 Å². The van der Waals surface area contributed by atoms with Crippen LogP contribution in [0, 0.1) is 6.42 Å². The first-order valence-electron chi connectivity index (χ1n) is 4.32. The Kier molecular flexibility index (Phi) is 4.59. The van der Waals surface area contributed by atoms with Gasteiger partial charge in [-0.25, -0.2) is 0 Å². The van der Waals surface area contributed by atoms with Crippen molar-refractivity contribution in [2.24, 2.45) is 0 Å². The molecule has 2 aliphatic heterocycles. The minimum absolute atomic E-state index is 0. The zero-order valence-electron chi connectivity index (χ0n) is 7.92. The van der Waals surface area contributed by atoms with Gasteiger partial charge >= 0.3 is 58.2 Å². The summed E-state index contributed by atoms with van der Waals surface area (Å²) in [7, 11) is 2.15. The predicted molar refractivity (Wildman–Crippen MR) is 43.1 cm³/mol. The van der Waals surface area contributed by atoms with Crippen LogP contribution in [0.3, 0.4) is 0 Å². The van der Waals surface area contributed by atoms with Gasteiger partial charge in [-0.3, -0.25) is 4.79 Å². The maximum atomic E-state index is 11.2. The molecule has 62 valence electrons. The zero-order valence-corrected chi connectivity index (χ0v) is 12.8. The van der Waals surface area contributed by atoms with E-state index < -0.39 is 0 Å². The van der Waals surface area contributed by atoms with Crippen molar-refractivity contribution in [2.45, 2.75) is 37.8 Å². The number of carbonyl (C=O) groups is 1. The molecule has 0 amide bonds. The van der Waals surface area contributed by atoms with Gasteiger partial charge in [0.05, 0.1) is 0 Å². The van der Waals surface area contributed by atoms with Gasteiger partial charge in [-0.05, 0) is 19.1 Å². The smallest absolute Gasteiger partial charge is 0.326 e. The van der Waals surface area contributed by atoms with Crippen molar-refractivity contribution in [1.29, 1.82) is 0 Å². The fourth-order valence-corrected chi connectivity index (χ4v) is 2.18. The fourth-order valence-electron chi connectivity index (χ4n) is 2.18. The Morgan fingerprint density at radius 1 is 1.33 bits per heavy atom. The summed E-state index contributed by atoms with van der Waals surface area (Å²) in [6.45, 7) is 0. The van der Waals surface area contributed by atoms with Gasteiger partial charge in [0.15, 0.2) is 0 Å². The van der Waals surface area contributed by atoms with Gasteiger partial charge in [-0.2, -0.15) is 12.8 Å². The number of hydrogen-bond acceptors (Lipinski definition) is 2. The molecule has 2 atom stereocenters. The van der Waals surface area contributed by atoms with Crippen molar-refractivity contribution in [1.82, 2.24) is 4.90 Å². The summed E-state index contributed by atoms with van der Waals surface area (Å²) in [5.74, 6) is 0.464. The first kappa shape index (κ1) is 11.5. The molecule has 2 unspecified atom stereocenters. The molecule has 0 N–H and O–H groups in total. The second-order valence-corrected chi connectivity index (χ2v) is 3.68. The monoisotopic (exact) mass is 237 g/mol. The van der Waals surface area contributed by atoms with Crippen LogP contribution in [-0.2, 0) is 4.79 Å². The molecule has 2 fully saturated rings. The average Bonchev–Trinajstić information content (AvgIpc) is 1.92. The average molecular weight is 238 g/mol. The molecule has 0 aromatic heterocycles. The van der Waals surface area contributed by atoms with Crippen LogP contribution in [0.15, 0.2) is 0 Å². The Morgan fingerprint density at radius 3 is 2.33 bits per heavy atom. The van der Waals surface area contributed by atoms with Crippen LogP contribution >= 0.6 is 0 Å². The van der Waals surface area contributed by atoms with E-state index in [0.717, 1.165) is 25.7 Å². The van der Waals surface area contributed by atoms with Crippen molar-refractivity contribution in [3.05, 3.63) is 6.42 Å². The molecule has 2 saturated heterocycles. The summed E-state index contributed by atoms with van der Waals surface area (Å²) < 4.78 is 0. The van der Waals surface area contributed by atoms with Crippen LogP contribution in [-0.4, -0.2) is 29.8 Å². The van der Waals surface area contributed by atoms with E-state index in [1.807, 2.05) is 0 Å². The van der Waals surface area contributed by atoms with Gasteiger partial charge in [-0.15, -0.1) is 0 Å². The first-order chi connectivity index (χ1) is 5.27. The molecule has 0 aromatic rings. The Labute approximate surface area is 123 Å². The maximum absolute atomic E-state index is 11.2. The fraction of sp³-hybridized carbons (Fsp3) is 0.778. The van der Waals surface area contributed by atoms with Crippen LogP contribution in [0.2, 0.25) is 0 Å². The van der Waals surface area contributed by atoms with E-state index in [1.54, 1.807) is 0 Å². The van der Waals surface area contributed by atoms with Crippen LogP contribution in [0.4, 0.5) is 0 Å². The predicted octanol–water partition coefficient (Wildman–Crippen LogP) is -1.98. The third-order valence-electron chi connectivity index (χ3n) is 2.96. The molecule has 2 rings (SSSR count). The van der Waals surface area contributed by atoms with Crippen molar-refractivity contribution < 1.29 is 63.0 Å². The molecule has 2 nitrogen and oxygen atoms in total. The summed E-state index contributed by atoms with van der Waals surface area (Å²) in [5, 5.41) is 0. The largest absolute Gasteiger partial charge is 1.00 e. The number of nitrogens with zero attached hydrogens (tertiary/aromatic N) is 1. The van der Waals surface area contributed by atoms with Crippen LogP contribution in [0.1, 0.15) is 25.7 Å². The summed E-state index contributed by atoms with van der Waals surface area (Å²) in [5.41, 5.74) is 0. The summed E-state index contributed by atoms with van der Waals surface area (Å²) >= 11 is 0. The molecule has 0 saturated carbocycles. The summed E-state index contributed by atoms with van der Waals surface area (Å²) in [6, 6.07) is 1.05. The van der Waals surface area contributed by atoms with Gasteiger partial charge in [0, 0.05) is 12.8 Å². The van der Waals surface area contributed by atoms with Crippen LogP contribution in [0.5, 0.6) is 0 Å². The Hall–Kier alpha value is 1.44. The van der Waals surface area contributed by atoms with E-state index in [0.29, 0.717) is 17.9 Å². The van der Waals surface area contributed by atoms with Gasteiger partial charge in [-0.1, -0.05) is 0 Å². The normalized spacial score (nSPS) is 35.9. The van der Waals surface area contributed by atoms with E-state index in [1.165, 1.54) is 0 Å². The van der Waals surface area contributed by atoms with E-state index >= 15 is 0 Å². The van der Waals surface area contributed by atoms with Gasteiger partial charge in [0.1, 0.15) is 5.78 Å². The molecule has 0 aromatic carbocycles. The molecule has 2 aliphatic rings. The molecule has 3 heteroatoms.